The van der Waals surface area contributed by atoms with E-state index < -0.39 is 0 Å². The number of ether oxygens (including phenoxy) is 4. The molecular weight excluding hydrogens is 348 g/mol. The van der Waals surface area contributed by atoms with Crippen LogP contribution in [0.4, 0.5) is 0 Å². The van der Waals surface area contributed by atoms with Crippen LogP contribution >= 0.6 is 0 Å². The zero-order valence-electron chi connectivity index (χ0n) is 15.6. The summed E-state index contributed by atoms with van der Waals surface area (Å²) in [6.45, 7) is 0. The molecule has 0 saturated heterocycles. The first-order valence-electron chi connectivity index (χ1n) is 8.19. The summed E-state index contributed by atoms with van der Waals surface area (Å²) in [6, 6.07) is 13.5. The molecule has 0 aliphatic heterocycles. The molecule has 1 heterocycles. The van der Waals surface area contributed by atoms with E-state index in [-0.39, 0.29) is 5.43 Å². The van der Waals surface area contributed by atoms with Crippen molar-refractivity contribution in [1.82, 2.24) is 0 Å². The Morgan fingerprint density at radius 1 is 0.593 bits per heavy atom. The Balaban J connectivity index is 2.09. The third kappa shape index (κ3) is 3.74. The minimum atomic E-state index is -0.171. The Kier molecular flexibility index (Phi) is 5.35. The van der Waals surface area contributed by atoms with Crippen molar-refractivity contribution in [2.45, 2.75) is 0 Å². The van der Waals surface area contributed by atoms with Gasteiger partial charge in [-0.2, -0.15) is 0 Å². The molecule has 0 amide bonds. The summed E-state index contributed by atoms with van der Waals surface area (Å²) in [5.74, 6) is 3.14. The van der Waals surface area contributed by atoms with E-state index in [2.05, 4.69) is 0 Å². The molecule has 0 bridgehead atoms. The first-order chi connectivity index (χ1) is 13.1. The van der Waals surface area contributed by atoms with Gasteiger partial charge in [0.2, 0.25) is 0 Å². The predicted octanol–water partition coefficient (Wildman–Crippen LogP) is 4.01. The highest BCUT2D eigenvalue weighted by Crippen LogP contribution is 2.35. The van der Waals surface area contributed by atoms with Crippen molar-refractivity contribution in [2.75, 3.05) is 28.4 Å². The monoisotopic (exact) mass is 368 g/mol. The lowest BCUT2D eigenvalue weighted by atomic mass is 10.1. The second-order valence-corrected chi connectivity index (χ2v) is 5.66. The maximum atomic E-state index is 12.2. The van der Waals surface area contributed by atoms with Crippen molar-refractivity contribution in [3.63, 3.8) is 0 Å². The summed E-state index contributed by atoms with van der Waals surface area (Å²) in [5.41, 5.74) is 1.23. The van der Waals surface area contributed by atoms with Gasteiger partial charge in [-0.05, 0) is 36.4 Å². The molecule has 3 rings (SSSR count). The fourth-order valence-corrected chi connectivity index (χ4v) is 2.74. The number of rotatable bonds is 6. The molecule has 6 heteroatoms. The Labute approximate surface area is 156 Å². The van der Waals surface area contributed by atoms with Gasteiger partial charge in [-0.25, -0.2) is 0 Å². The molecule has 140 valence electrons. The van der Waals surface area contributed by atoms with E-state index in [0.29, 0.717) is 45.6 Å². The zero-order chi connectivity index (χ0) is 19.4. The summed E-state index contributed by atoms with van der Waals surface area (Å²) in [5, 5.41) is 0. The second kappa shape index (κ2) is 7.86. The number of hydrogen-bond acceptors (Lipinski definition) is 6. The molecule has 0 unspecified atom stereocenters. The van der Waals surface area contributed by atoms with Crippen LogP contribution < -0.4 is 24.4 Å². The lowest BCUT2D eigenvalue weighted by Crippen LogP contribution is -1.99. The molecular formula is C21H20O6. The number of hydrogen-bond donors (Lipinski definition) is 0. The molecule has 3 aromatic rings. The van der Waals surface area contributed by atoms with Gasteiger partial charge < -0.3 is 23.4 Å². The third-order valence-electron chi connectivity index (χ3n) is 4.10. The standard InChI is InChI=1S/C21H20O6/c1-23-16-7-5-13(9-20(16)25-3)18-11-15(22)12-19(27-18)14-6-8-17(24-2)21(10-14)26-4/h5-12H,1-4H3. The highest BCUT2D eigenvalue weighted by Gasteiger charge is 2.12. The average Bonchev–Trinajstić information content (AvgIpc) is 2.72. The van der Waals surface area contributed by atoms with Crippen molar-refractivity contribution in [2.24, 2.45) is 0 Å². The normalized spacial score (nSPS) is 10.4. The van der Waals surface area contributed by atoms with Gasteiger partial charge in [0.05, 0.1) is 28.4 Å². The van der Waals surface area contributed by atoms with Gasteiger partial charge in [0, 0.05) is 23.3 Å². The van der Waals surface area contributed by atoms with Gasteiger partial charge in [0.1, 0.15) is 11.5 Å². The molecule has 0 radical (unpaired) electrons. The van der Waals surface area contributed by atoms with E-state index in [0.717, 1.165) is 0 Å². The van der Waals surface area contributed by atoms with Crippen molar-refractivity contribution >= 4 is 0 Å². The van der Waals surface area contributed by atoms with Crippen LogP contribution in [0.1, 0.15) is 0 Å². The molecule has 0 spiro atoms. The minimum Gasteiger partial charge on any atom is -0.493 e. The molecule has 0 fully saturated rings. The Morgan fingerprint density at radius 2 is 1.00 bits per heavy atom. The van der Waals surface area contributed by atoms with Crippen LogP contribution in [0.15, 0.2) is 57.7 Å². The topological polar surface area (TPSA) is 67.1 Å². The van der Waals surface area contributed by atoms with Crippen LogP contribution in [0.3, 0.4) is 0 Å². The Morgan fingerprint density at radius 3 is 1.37 bits per heavy atom. The van der Waals surface area contributed by atoms with Crippen molar-refractivity contribution in [3.05, 3.63) is 58.8 Å². The fraction of sp³-hybridized carbons (Fsp3) is 0.190. The summed E-state index contributed by atoms with van der Waals surface area (Å²) in [6.07, 6.45) is 0. The van der Waals surface area contributed by atoms with Gasteiger partial charge in [-0.1, -0.05) is 0 Å². The van der Waals surface area contributed by atoms with E-state index >= 15 is 0 Å². The van der Waals surface area contributed by atoms with E-state index in [4.69, 9.17) is 23.4 Å². The largest absolute Gasteiger partial charge is 0.493 e. The van der Waals surface area contributed by atoms with Crippen LogP contribution in [-0.4, -0.2) is 28.4 Å². The summed E-state index contributed by atoms with van der Waals surface area (Å²) >= 11 is 0. The van der Waals surface area contributed by atoms with Crippen molar-refractivity contribution < 1.29 is 23.4 Å². The first-order valence-corrected chi connectivity index (χ1v) is 8.19. The van der Waals surface area contributed by atoms with Gasteiger partial charge in [0.25, 0.3) is 0 Å². The lowest BCUT2D eigenvalue weighted by molar-refractivity contribution is 0.355. The number of methoxy groups -OCH3 is 4. The van der Waals surface area contributed by atoms with Crippen LogP contribution in [0.25, 0.3) is 22.6 Å². The molecule has 0 aliphatic carbocycles. The van der Waals surface area contributed by atoms with Crippen LogP contribution in [-0.2, 0) is 0 Å². The molecule has 0 atom stereocenters. The summed E-state index contributed by atoms with van der Waals surface area (Å²) in [7, 11) is 6.24. The predicted molar refractivity (Wildman–Crippen MR) is 102 cm³/mol. The highest BCUT2D eigenvalue weighted by atomic mass is 16.5. The first kappa shape index (κ1) is 18.4. The molecule has 1 aromatic heterocycles. The van der Waals surface area contributed by atoms with Crippen molar-refractivity contribution in [1.29, 1.82) is 0 Å². The zero-order valence-corrected chi connectivity index (χ0v) is 15.6. The van der Waals surface area contributed by atoms with Gasteiger partial charge in [0.15, 0.2) is 28.4 Å². The second-order valence-electron chi connectivity index (χ2n) is 5.66. The lowest BCUT2D eigenvalue weighted by Gasteiger charge is -2.11. The van der Waals surface area contributed by atoms with Gasteiger partial charge >= 0.3 is 0 Å². The SMILES string of the molecule is COc1ccc(-c2cc(=O)cc(-c3ccc(OC)c(OC)c3)o2)cc1OC. The van der Waals surface area contributed by atoms with Crippen LogP contribution in [0, 0.1) is 0 Å². The minimum absolute atomic E-state index is 0.171. The highest BCUT2D eigenvalue weighted by molar-refractivity contribution is 5.67. The van der Waals surface area contributed by atoms with E-state index in [1.165, 1.54) is 12.1 Å². The van der Waals surface area contributed by atoms with Crippen LogP contribution in [0.5, 0.6) is 23.0 Å². The summed E-state index contributed by atoms with van der Waals surface area (Å²) < 4.78 is 27.1. The number of benzene rings is 2. The Hall–Kier alpha value is -3.41. The van der Waals surface area contributed by atoms with E-state index in [1.54, 1.807) is 64.8 Å². The fourth-order valence-electron chi connectivity index (χ4n) is 2.74. The van der Waals surface area contributed by atoms with Crippen LogP contribution in [0.2, 0.25) is 0 Å². The molecule has 0 aliphatic rings. The van der Waals surface area contributed by atoms with Crippen molar-refractivity contribution in [3.8, 4) is 45.6 Å². The average molecular weight is 368 g/mol. The van der Waals surface area contributed by atoms with Gasteiger partial charge in [-0.15, -0.1) is 0 Å². The summed E-state index contributed by atoms with van der Waals surface area (Å²) in [4.78, 5) is 12.2. The molecule has 27 heavy (non-hydrogen) atoms. The van der Waals surface area contributed by atoms with E-state index in [1.807, 2.05) is 0 Å². The molecule has 2 aromatic carbocycles. The van der Waals surface area contributed by atoms with E-state index in [9.17, 15) is 4.79 Å². The quantitative estimate of drug-likeness (QED) is 0.655. The smallest absolute Gasteiger partial charge is 0.186 e. The molecule has 6 nitrogen and oxygen atoms in total. The molecule has 0 N–H and O–H groups in total. The van der Waals surface area contributed by atoms with Gasteiger partial charge in [-0.3, -0.25) is 4.79 Å². The maximum absolute atomic E-state index is 12.2. The molecule has 0 saturated carbocycles. The third-order valence-corrected chi connectivity index (χ3v) is 4.10. The maximum Gasteiger partial charge on any atom is 0.186 e. The Bertz CT molecular complexity index is 929.